The highest BCUT2D eigenvalue weighted by Gasteiger charge is 2.47. The van der Waals surface area contributed by atoms with E-state index in [1.165, 1.54) is 0 Å². The van der Waals surface area contributed by atoms with Crippen LogP contribution in [0.15, 0.2) is 348 Å². The molecule has 13 aromatic rings. The molecule has 83 heavy (non-hydrogen) atoms. The van der Waals surface area contributed by atoms with Crippen molar-refractivity contribution in [1.29, 1.82) is 0 Å². The molecule has 396 valence electrons. The van der Waals surface area contributed by atoms with Crippen molar-refractivity contribution >= 4 is 16.3 Å². The molecule has 0 fully saturated rings. The third kappa shape index (κ3) is 10.3. The van der Waals surface area contributed by atoms with Crippen molar-refractivity contribution in [2.45, 2.75) is 14.7 Å². The second kappa shape index (κ2) is 23.3. The molecule has 4 heteroatoms. The lowest BCUT2D eigenvalue weighted by Crippen LogP contribution is -2.19. The minimum absolute atomic E-state index is 0.0414. The van der Waals surface area contributed by atoms with E-state index in [1.54, 1.807) is 24.3 Å². The number of phenols is 1. The summed E-state index contributed by atoms with van der Waals surface area (Å²) in [5.41, 5.74) is 16.9. The Morgan fingerprint density at radius 3 is 0.651 bits per heavy atom. The van der Waals surface area contributed by atoms with Crippen molar-refractivity contribution in [3.63, 3.8) is 0 Å². The fourth-order valence-electron chi connectivity index (χ4n) is 11.4. The second-order valence-electron chi connectivity index (χ2n) is 20.4. The van der Waals surface area contributed by atoms with Gasteiger partial charge in [0.25, 0.3) is 0 Å². The van der Waals surface area contributed by atoms with Gasteiger partial charge in [0.1, 0.15) is 11.3 Å². The molecule has 0 spiro atoms. The summed E-state index contributed by atoms with van der Waals surface area (Å²) in [7, 11) is -3.73. The molecule has 0 unspecified atom stereocenters. The van der Waals surface area contributed by atoms with Crippen LogP contribution in [0.5, 0.6) is 5.75 Å². The van der Waals surface area contributed by atoms with Crippen LogP contribution in [0.3, 0.4) is 0 Å². The number of carbonyl (C=O) groups is 1. The number of rotatable bonds is 14. The average Bonchev–Trinajstić information content (AvgIpc) is 3.71. The zero-order valence-electron chi connectivity index (χ0n) is 45.4. The van der Waals surface area contributed by atoms with Gasteiger partial charge in [-0.3, -0.25) is 0 Å². The maximum absolute atomic E-state index is 16.8. The summed E-state index contributed by atoms with van der Waals surface area (Å²) in [6.45, 7) is 0. The summed E-state index contributed by atoms with van der Waals surface area (Å²) in [6, 6.07) is 115. The van der Waals surface area contributed by atoms with Crippen molar-refractivity contribution in [1.82, 2.24) is 0 Å². The lowest BCUT2D eigenvalue weighted by atomic mass is 9.92. The highest BCUT2D eigenvalue weighted by atomic mass is 32.3. The third-order valence-corrected chi connectivity index (χ3v) is 18.7. The van der Waals surface area contributed by atoms with Crippen LogP contribution in [0.2, 0.25) is 0 Å². The number of aromatic hydroxyl groups is 1. The van der Waals surface area contributed by atoms with Crippen molar-refractivity contribution in [2.75, 3.05) is 0 Å². The van der Waals surface area contributed by atoms with Crippen molar-refractivity contribution in [3.05, 3.63) is 339 Å². The number of para-hydroxylation sites is 1. The molecule has 0 aliphatic carbocycles. The molecule has 13 rings (SSSR count). The monoisotopic (exact) mass is 1080 g/mol. The smallest absolute Gasteiger partial charge is 0.353 e. The standard InChI is InChI=1S/C79H56O3S/c80-75-49-29-28-48-68(75)79(81)82-83(76-69(59-36-16-4-17-37-59)50-65(56-30-10-1-11-31-56)51-70(76)60-38-18-5-19-39-60,77-71(61-40-20-6-21-41-61)52-66(57-32-12-2-13-33-57)53-72(77)62-42-22-7-23-43-62)78-73(63-44-24-8-25-45-63)54-67(58-34-14-3-15-35-58)55-74(78)64-46-26-9-27-47-64/h1-55,80H. The van der Waals surface area contributed by atoms with Gasteiger partial charge in [-0.05, 0) is 159 Å². The molecule has 0 radical (unpaired) electrons. The Hall–Kier alpha value is -10.5. The molecule has 0 atom stereocenters. The van der Waals surface area contributed by atoms with E-state index >= 15 is 4.79 Å². The zero-order valence-corrected chi connectivity index (χ0v) is 46.2. The molecule has 1 N–H and O–H groups in total. The van der Waals surface area contributed by atoms with Gasteiger partial charge in [-0.25, -0.2) is 4.79 Å². The fraction of sp³-hybridized carbons (Fsp3) is 0. The van der Waals surface area contributed by atoms with Crippen molar-refractivity contribution in [2.24, 2.45) is 0 Å². The van der Waals surface area contributed by atoms with Gasteiger partial charge in [0.15, 0.2) is 0 Å². The van der Waals surface area contributed by atoms with Gasteiger partial charge in [0, 0.05) is 14.7 Å². The van der Waals surface area contributed by atoms with Gasteiger partial charge < -0.3 is 9.29 Å². The summed E-state index contributed by atoms with van der Waals surface area (Å²) in [4.78, 5) is 19.2. The summed E-state index contributed by atoms with van der Waals surface area (Å²) in [5, 5.41) is 12.1. The van der Waals surface area contributed by atoms with E-state index in [0.717, 1.165) is 115 Å². The van der Waals surface area contributed by atoms with E-state index in [-0.39, 0.29) is 11.3 Å². The number of phenolic OH excluding ortho intramolecular Hbond substituents is 1. The predicted octanol–water partition coefficient (Wildman–Crippen LogP) is 21.4. The van der Waals surface area contributed by atoms with Gasteiger partial charge in [-0.15, -0.1) is 0 Å². The molecule has 0 aliphatic rings. The Morgan fingerprint density at radius 1 is 0.241 bits per heavy atom. The topological polar surface area (TPSA) is 46.5 Å². The Bertz CT molecular complexity index is 3780. The van der Waals surface area contributed by atoms with E-state index in [0.29, 0.717) is 0 Å². The van der Waals surface area contributed by atoms with Gasteiger partial charge in [-0.1, -0.05) is 285 Å². The Labute approximate surface area is 487 Å². The molecule has 13 aromatic carbocycles. The normalized spacial score (nSPS) is 11.4. The van der Waals surface area contributed by atoms with Crippen LogP contribution in [0, 0.1) is 0 Å². The molecule has 0 heterocycles. The largest absolute Gasteiger partial charge is 0.507 e. The van der Waals surface area contributed by atoms with E-state index in [4.69, 9.17) is 4.18 Å². The number of hydrogen-bond donors (Lipinski definition) is 1. The van der Waals surface area contributed by atoms with Crippen LogP contribution in [-0.2, 0) is 4.18 Å². The third-order valence-electron chi connectivity index (χ3n) is 15.3. The van der Waals surface area contributed by atoms with Crippen LogP contribution in [0.1, 0.15) is 10.4 Å². The second-order valence-corrected chi connectivity index (χ2v) is 22.9. The minimum atomic E-state index is -3.73. The zero-order chi connectivity index (χ0) is 56.0. The summed E-state index contributed by atoms with van der Waals surface area (Å²) >= 11 is 0. The number of carbonyl (C=O) groups excluding carboxylic acids is 1. The van der Waals surface area contributed by atoms with Crippen LogP contribution in [0.4, 0.5) is 0 Å². The van der Waals surface area contributed by atoms with Gasteiger partial charge in [-0.2, -0.15) is 0 Å². The number of hydrogen-bond acceptors (Lipinski definition) is 3. The summed E-state index contributed by atoms with van der Waals surface area (Å²) < 4.78 is 8.36. The summed E-state index contributed by atoms with van der Waals surface area (Å²) in [6.07, 6.45) is 0. The maximum Gasteiger partial charge on any atom is 0.353 e. The molecular formula is C79H56O3S. The summed E-state index contributed by atoms with van der Waals surface area (Å²) in [5.74, 6) is -0.868. The Kier molecular flexibility index (Phi) is 14.6. The SMILES string of the molecule is O=C(OS(c1c(-c2ccccc2)cc(-c2ccccc2)cc1-c1ccccc1)(c1c(-c2ccccc2)cc(-c2ccccc2)cc1-c1ccccc1)c1c(-c2ccccc2)cc(-c2ccccc2)cc1-c1ccccc1)c1ccccc1O. The van der Waals surface area contributed by atoms with E-state index in [9.17, 15) is 5.11 Å². The quantitative estimate of drug-likeness (QED) is 0.118. The Morgan fingerprint density at radius 2 is 0.434 bits per heavy atom. The maximum atomic E-state index is 16.8. The van der Waals surface area contributed by atoms with E-state index in [1.807, 2.05) is 54.6 Å². The molecule has 3 nitrogen and oxygen atoms in total. The highest BCUT2D eigenvalue weighted by Crippen LogP contribution is 2.79. The van der Waals surface area contributed by atoms with Crippen molar-refractivity contribution in [3.8, 4) is 106 Å². The molecule has 0 aliphatic heterocycles. The fourth-order valence-corrected chi connectivity index (χ4v) is 15.5. The van der Waals surface area contributed by atoms with Gasteiger partial charge in [0.05, 0.1) is 0 Å². The van der Waals surface area contributed by atoms with Gasteiger partial charge in [0.2, 0.25) is 0 Å². The van der Waals surface area contributed by atoms with Crippen LogP contribution >= 0.6 is 10.3 Å². The first-order valence-corrected chi connectivity index (χ1v) is 29.5. The molecule has 0 saturated heterocycles. The first kappa shape index (κ1) is 51.9. The molecule has 0 saturated carbocycles. The lowest BCUT2D eigenvalue weighted by molar-refractivity contribution is 0.0754. The van der Waals surface area contributed by atoms with Crippen LogP contribution < -0.4 is 0 Å². The predicted molar refractivity (Wildman–Crippen MR) is 344 cm³/mol. The van der Waals surface area contributed by atoms with Crippen LogP contribution in [0.25, 0.3) is 100 Å². The average molecular weight is 1090 g/mol. The van der Waals surface area contributed by atoms with E-state index in [2.05, 4.69) is 255 Å². The molecule has 0 aromatic heterocycles. The Balaban J connectivity index is 1.38. The van der Waals surface area contributed by atoms with Crippen LogP contribution in [-0.4, -0.2) is 11.1 Å². The lowest BCUT2D eigenvalue weighted by Gasteiger charge is -2.46. The molecule has 0 bridgehead atoms. The molecular weight excluding hydrogens is 1030 g/mol. The minimum Gasteiger partial charge on any atom is -0.507 e. The molecule has 0 amide bonds. The first-order valence-electron chi connectivity index (χ1n) is 27.9. The van der Waals surface area contributed by atoms with Gasteiger partial charge >= 0.3 is 5.97 Å². The van der Waals surface area contributed by atoms with E-state index < -0.39 is 16.3 Å². The van der Waals surface area contributed by atoms with Crippen molar-refractivity contribution < 1.29 is 14.1 Å². The highest BCUT2D eigenvalue weighted by molar-refractivity contribution is 8.30. The number of benzene rings is 13. The first-order chi connectivity index (χ1) is 41.0.